The highest BCUT2D eigenvalue weighted by Crippen LogP contribution is 2.23. The van der Waals surface area contributed by atoms with Gasteiger partial charge in [0, 0.05) is 24.0 Å². The van der Waals surface area contributed by atoms with Gasteiger partial charge in [0.1, 0.15) is 5.15 Å². The Morgan fingerprint density at radius 2 is 1.73 bits per heavy atom. The number of aryl methyl sites for hydroxylation is 1. The van der Waals surface area contributed by atoms with E-state index in [9.17, 15) is 19.2 Å². The van der Waals surface area contributed by atoms with Crippen molar-refractivity contribution in [3.63, 3.8) is 0 Å². The predicted molar refractivity (Wildman–Crippen MR) is 89.7 cm³/mol. The molecule has 26 heavy (non-hydrogen) atoms. The minimum Gasteiger partial charge on any atom is -0.465 e. The van der Waals surface area contributed by atoms with Gasteiger partial charge in [-0.3, -0.25) is 14.3 Å². The lowest BCUT2D eigenvalue weighted by atomic mass is 10.1. The first kappa shape index (κ1) is 19.4. The highest BCUT2D eigenvalue weighted by atomic mass is 35.5. The summed E-state index contributed by atoms with van der Waals surface area (Å²) in [5, 5.41) is 3.87. The van der Waals surface area contributed by atoms with E-state index in [4.69, 9.17) is 16.3 Å². The maximum Gasteiger partial charge on any atom is 0.361 e. The van der Waals surface area contributed by atoms with Crippen LogP contribution in [0, 0.1) is 13.8 Å². The van der Waals surface area contributed by atoms with Crippen molar-refractivity contribution in [2.75, 3.05) is 7.11 Å². The molecule has 0 radical (unpaired) electrons. The molecule has 0 aliphatic heterocycles. The van der Waals surface area contributed by atoms with E-state index in [0.717, 1.165) is 0 Å². The zero-order valence-electron chi connectivity index (χ0n) is 14.5. The van der Waals surface area contributed by atoms with Crippen LogP contribution in [-0.4, -0.2) is 46.0 Å². The third-order valence-corrected chi connectivity index (χ3v) is 4.43. The monoisotopic (exact) mass is 381 g/mol. The zero-order valence-corrected chi connectivity index (χ0v) is 15.3. The lowest BCUT2D eigenvalue weighted by molar-refractivity contribution is 0.0357. The second-order valence-electron chi connectivity index (χ2n) is 5.35. The highest BCUT2D eigenvalue weighted by molar-refractivity contribution is 6.32. The average Bonchev–Trinajstić information content (AvgIpc) is 3.05. The van der Waals surface area contributed by atoms with Gasteiger partial charge in [0.05, 0.1) is 18.2 Å². The molecular formula is C16H16ClN3O6. The highest BCUT2D eigenvalue weighted by Gasteiger charge is 2.25. The Balaban J connectivity index is 2.33. The molecule has 0 fully saturated rings. The molecule has 0 aliphatic rings. The van der Waals surface area contributed by atoms with E-state index < -0.39 is 11.9 Å². The van der Waals surface area contributed by atoms with Gasteiger partial charge in [-0.1, -0.05) is 11.6 Å². The Hall–Kier alpha value is -2.94. The Morgan fingerprint density at radius 3 is 2.27 bits per heavy atom. The number of hydrogen-bond donors (Lipinski definition) is 0. The van der Waals surface area contributed by atoms with Crippen molar-refractivity contribution in [3.05, 3.63) is 38.9 Å². The van der Waals surface area contributed by atoms with Crippen molar-refractivity contribution in [3.8, 4) is 0 Å². The van der Waals surface area contributed by atoms with Crippen LogP contribution in [0.1, 0.15) is 53.0 Å². The summed E-state index contributed by atoms with van der Waals surface area (Å²) in [6.07, 6.45) is 0.952. The number of aromatic nitrogens is 3. The maximum atomic E-state index is 12.2. The molecule has 10 heteroatoms. The molecular weight excluding hydrogens is 366 g/mol. The normalized spacial score (nSPS) is 10.5. The Kier molecular flexibility index (Phi) is 5.61. The minimum absolute atomic E-state index is 0.0106. The molecule has 2 rings (SSSR count). The fourth-order valence-electron chi connectivity index (χ4n) is 2.57. The number of carbonyl (C=O) groups excluding carboxylic acids is 4. The van der Waals surface area contributed by atoms with Crippen molar-refractivity contribution in [2.45, 2.75) is 20.6 Å². The quantitative estimate of drug-likeness (QED) is 0.553. The number of carbonyl (C=O) groups is 4. The molecule has 2 aromatic rings. The molecule has 0 bridgehead atoms. The number of ether oxygens (including phenoxy) is 2. The van der Waals surface area contributed by atoms with E-state index in [2.05, 4.69) is 9.84 Å². The van der Waals surface area contributed by atoms with E-state index in [1.807, 2.05) is 0 Å². The number of halogens is 1. The summed E-state index contributed by atoms with van der Waals surface area (Å²) < 4.78 is 12.5. The van der Waals surface area contributed by atoms with Gasteiger partial charge in [-0.2, -0.15) is 5.10 Å². The molecule has 2 aromatic heterocycles. The van der Waals surface area contributed by atoms with Gasteiger partial charge in [-0.05, 0) is 13.8 Å². The summed E-state index contributed by atoms with van der Waals surface area (Å²) in [4.78, 5) is 46.6. The van der Waals surface area contributed by atoms with Crippen LogP contribution in [0.15, 0.2) is 0 Å². The largest absolute Gasteiger partial charge is 0.465 e. The van der Waals surface area contributed by atoms with Crippen molar-refractivity contribution < 1.29 is 28.7 Å². The fraction of sp³-hybridized carbons (Fsp3) is 0.312. The first-order chi connectivity index (χ1) is 12.3. The second-order valence-corrected chi connectivity index (χ2v) is 5.71. The van der Waals surface area contributed by atoms with Gasteiger partial charge in [0.25, 0.3) is 0 Å². The number of hydrogen-bond acceptors (Lipinski definition) is 7. The molecule has 0 atom stereocenters. The Morgan fingerprint density at radius 1 is 1.12 bits per heavy atom. The van der Waals surface area contributed by atoms with Crippen molar-refractivity contribution in [1.82, 2.24) is 14.3 Å². The summed E-state index contributed by atoms with van der Waals surface area (Å²) in [7, 11) is 2.68. The summed E-state index contributed by atoms with van der Waals surface area (Å²) in [5.41, 5.74) is 0.785. The number of rotatable bonds is 6. The lowest BCUT2D eigenvalue weighted by Gasteiger charge is -2.10. The predicted octanol–water partition coefficient (Wildman–Crippen LogP) is 1.72. The van der Waals surface area contributed by atoms with Crippen LogP contribution in [0.2, 0.25) is 5.15 Å². The van der Waals surface area contributed by atoms with Crippen molar-refractivity contribution >= 4 is 36.1 Å². The molecule has 0 aliphatic carbocycles. The van der Waals surface area contributed by atoms with Gasteiger partial charge >= 0.3 is 11.9 Å². The molecule has 0 saturated heterocycles. The van der Waals surface area contributed by atoms with Crippen LogP contribution < -0.4 is 0 Å². The van der Waals surface area contributed by atoms with Crippen LogP contribution >= 0.6 is 11.6 Å². The van der Waals surface area contributed by atoms with E-state index in [-0.39, 0.29) is 34.3 Å². The van der Waals surface area contributed by atoms with E-state index in [0.29, 0.717) is 24.0 Å². The first-order valence-corrected chi connectivity index (χ1v) is 7.74. The van der Waals surface area contributed by atoms with Gasteiger partial charge in [-0.15, -0.1) is 0 Å². The molecule has 0 amide bonds. The third-order valence-electron chi connectivity index (χ3n) is 3.99. The summed E-state index contributed by atoms with van der Waals surface area (Å²) >= 11 is 5.89. The molecule has 0 saturated carbocycles. The van der Waals surface area contributed by atoms with Gasteiger partial charge in [-0.25, -0.2) is 9.59 Å². The van der Waals surface area contributed by atoms with Crippen LogP contribution in [0.4, 0.5) is 0 Å². The topological polar surface area (TPSA) is 109 Å². The van der Waals surface area contributed by atoms with Gasteiger partial charge in [0.2, 0.25) is 0 Å². The zero-order chi connectivity index (χ0) is 19.6. The number of esters is 2. The van der Waals surface area contributed by atoms with Crippen LogP contribution in [0.3, 0.4) is 0 Å². The molecule has 2 heterocycles. The van der Waals surface area contributed by atoms with Crippen molar-refractivity contribution in [2.24, 2.45) is 7.05 Å². The van der Waals surface area contributed by atoms with E-state index >= 15 is 0 Å². The Bertz CT molecular complexity index is 912. The molecule has 0 spiro atoms. The number of aldehydes is 2. The summed E-state index contributed by atoms with van der Waals surface area (Å²) in [6, 6.07) is 0. The molecule has 0 unspecified atom stereocenters. The van der Waals surface area contributed by atoms with Crippen molar-refractivity contribution in [1.29, 1.82) is 0 Å². The minimum atomic E-state index is -0.866. The summed E-state index contributed by atoms with van der Waals surface area (Å²) in [5.74, 6) is -1.54. The average molecular weight is 382 g/mol. The number of methoxy groups -OCH3 is 1. The molecule has 138 valence electrons. The second kappa shape index (κ2) is 7.52. The molecule has 9 nitrogen and oxygen atoms in total. The van der Waals surface area contributed by atoms with E-state index in [1.165, 1.54) is 23.4 Å². The SMILES string of the molecule is COC(=O)c1c(C=O)c(C)n(COC(=O)c2nn(C)c(Cl)c2C=O)c1C. The van der Waals surface area contributed by atoms with Gasteiger partial charge in [0.15, 0.2) is 25.0 Å². The number of nitrogens with zero attached hydrogens (tertiary/aromatic N) is 3. The van der Waals surface area contributed by atoms with Crippen LogP contribution in [-0.2, 0) is 23.3 Å². The smallest absolute Gasteiger partial charge is 0.361 e. The van der Waals surface area contributed by atoms with Gasteiger partial charge < -0.3 is 14.0 Å². The molecule has 0 N–H and O–H groups in total. The molecule has 0 aromatic carbocycles. The fourth-order valence-corrected chi connectivity index (χ4v) is 2.74. The third kappa shape index (κ3) is 3.13. The lowest BCUT2D eigenvalue weighted by Crippen LogP contribution is -2.14. The Labute approximate surface area is 153 Å². The van der Waals surface area contributed by atoms with E-state index in [1.54, 1.807) is 13.8 Å². The van der Waals surface area contributed by atoms with Crippen LogP contribution in [0.5, 0.6) is 0 Å². The first-order valence-electron chi connectivity index (χ1n) is 7.36. The standard InChI is InChI=1S/C16H16ClN3O6/c1-8-10(5-21)12(15(23)25-4)9(2)20(8)7-26-16(24)13-11(6-22)14(17)19(3)18-13/h5-6H,7H2,1-4H3. The van der Waals surface area contributed by atoms with Crippen LogP contribution in [0.25, 0.3) is 0 Å². The summed E-state index contributed by atoms with van der Waals surface area (Å²) in [6.45, 7) is 2.90. The maximum absolute atomic E-state index is 12.2.